The average molecular weight is 372 g/mol. The molecular weight excluding hydrogens is 360 g/mol. The van der Waals surface area contributed by atoms with E-state index in [9.17, 15) is 0 Å². The molecule has 0 aromatic heterocycles. The van der Waals surface area contributed by atoms with Crippen molar-refractivity contribution in [3.05, 3.63) is 72.8 Å². The summed E-state index contributed by atoms with van der Waals surface area (Å²) >= 11 is 0. The Morgan fingerprint density at radius 3 is 0.900 bits per heavy atom. The van der Waals surface area contributed by atoms with Crippen molar-refractivity contribution >= 4 is 97.0 Å². The summed E-state index contributed by atoms with van der Waals surface area (Å²) in [6.07, 6.45) is 0. The van der Waals surface area contributed by atoms with Crippen LogP contribution < -0.4 is 0 Å². The van der Waals surface area contributed by atoms with Crippen LogP contribution in [0.4, 0.5) is 0 Å². The molecule has 10 aromatic rings. The van der Waals surface area contributed by atoms with Crippen molar-refractivity contribution in [3.8, 4) is 0 Å². The molecule has 0 unspecified atom stereocenters. The van der Waals surface area contributed by atoms with Gasteiger partial charge in [-0.15, -0.1) is 0 Å². The number of benzene rings is 4. The van der Waals surface area contributed by atoms with Crippen molar-refractivity contribution in [2.24, 2.45) is 0 Å². The van der Waals surface area contributed by atoms with Crippen LogP contribution in [-0.2, 0) is 0 Å². The molecule has 0 radical (unpaired) electrons. The Morgan fingerprint density at radius 1 is 0.267 bits per heavy atom. The molecule has 30 heavy (non-hydrogen) atoms. The highest BCUT2D eigenvalue weighted by atomic mass is 14.3. The van der Waals surface area contributed by atoms with Gasteiger partial charge in [-0.1, -0.05) is 54.6 Å². The molecule has 0 heteroatoms. The van der Waals surface area contributed by atoms with E-state index in [4.69, 9.17) is 0 Å². The van der Waals surface area contributed by atoms with E-state index >= 15 is 0 Å². The second-order valence-electron chi connectivity index (χ2n) is 9.23. The monoisotopic (exact) mass is 372 g/mol. The van der Waals surface area contributed by atoms with E-state index in [1.165, 1.54) is 97.0 Å². The first-order valence-electron chi connectivity index (χ1n) is 10.7. The second kappa shape index (κ2) is 3.78. The highest BCUT2D eigenvalue weighted by molar-refractivity contribution is 6.57. The molecule has 0 N–H and O–H groups in total. The fraction of sp³-hybridized carbons (Fsp3) is 0. The molecule has 0 spiro atoms. The predicted molar refractivity (Wildman–Crippen MR) is 131 cm³/mol. The van der Waals surface area contributed by atoms with Crippen LogP contribution in [0, 0.1) is 0 Å². The normalized spacial score (nSPS) is 14.0. The van der Waals surface area contributed by atoms with Crippen LogP contribution in [0.1, 0.15) is 0 Å². The maximum absolute atomic E-state index is 2.41. The van der Waals surface area contributed by atoms with E-state index in [0.29, 0.717) is 0 Å². The quantitative estimate of drug-likeness (QED) is 0.250. The Kier molecular flexibility index (Phi) is 1.68. The van der Waals surface area contributed by atoms with Gasteiger partial charge in [-0.05, 0) is 115 Å². The first-order chi connectivity index (χ1) is 14.9. The molecule has 132 valence electrons. The molecule has 0 saturated carbocycles. The van der Waals surface area contributed by atoms with Crippen molar-refractivity contribution in [2.45, 2.75) is 0 Å². The Balaban J connectivity index is 1.74. The van der Waals surface area contributed by atoms with E-state index in [1.807, 2.05) is 0 Å². The molecule has 0 nitrogen and oxygen atoms in total. The zero-order chi connectivity index (χ0) is 18.9. The number of hydrogen-bond donors (Lipinski definition) is 0. The Morgan fingerprint density at radius 2 is 0.567 bits per heavy atom. The molecule has 0 saturated heterocycles. The predicted octanol–water partition coefficient (Wildman–Crippen LogP) is 8.69. The summed E-state index contributed by atoms with van der Waals surface area (Å²) in [6, 6.07) is 27.7. The van der Waals surface area contributed by atoms with E-state index in [-0.39, 0.29) is 0 Å². The molecular formula is C30H12. The summed E-state index contributed by atoms with van der Waals surface area (Å²) in [6.45, 7) is 0. The third-order valence-corrected chi connectivity index (χ3v) is 8.11. The summed E-state index contributed by atoms with van der Waals surface area (Å²) in [5.41, 5.74) is 0. The highest BCUT2D eigenvalue weighted by Crippen LogP contribution is 2.58. The molecule has 10 rings (SSSR count). The Hall–Kier alpha value is -3.90. The van der Waals surface area contributed by atoms with Crippen LogP contribution in [0.15, 0.2) is 72.8 Å². The summed E-state index contributed by atoms with van der Waals surface area (Å²) < 4.78 is 0. The summed E-state index contributed by atoms with van der Waals surface area (Å²) in [5, 5.41) is 26.3. The minimum absolute atomic E-state index is 1.40. The number of hydrogen-bond acceptors (Lipinski definition) is 0. The zero-order valence-corrected chi connectivity index (χ0v) is 15.9. The SMILES string of the molecule is c1cc2cc3c2c(c1)c1c2c4cc5cccc(c54)c2c2c4cc5cccc(c54)c2c31. The lowest BCUT2D eigenvalue weighted by Gasteiger charge is -2.05. The van der Waals surface area contributed by atoms with Gasteiger partial charge in [-0.25, -0.2) is 0 Å². The maximum Gasteiger partial charge on any atom is -0.000674 e. The van der Waals surface area contributed by atoms with E-state index < -0.39 is 0 Å². The van der Waals surface area contributed by atoms with Crippen LogP contribution in [0.2, 0.25) is 0 Å². The van der Waals surface area contributed by atoms with E-state index in [2.05, 4.69) is 72.8 Å². The van der Waals surface area contributed by atoms with Gasteiger partial charge in [0.2, 0.25) is 0 Å². The van der Waals surface area contributed by atoms with Crippen molar-refractivity contribution in [2.75, 3.05) is 0 Å². The average Bonchev–Trinajstić information content (AvgIpc) is 3.27. The van der Waals surface area contributed by atoms with Gasteiger partial charge in [-0.3, -0.25) is 0 Å². The fourth-order valence-corrected chi connectivity index (χ4v) is 7.01. The Bertz CT molecular complexity index is 1960. The lowest BCUT2D eigenvalue weighted by Crippen LogP contribution is -1.76. The fourth-order valence-electron chi connectivity index (χ4n) is 7.01. The number of fused-ring (bicyclic) bond motifs is 12. The van der Waals surface area contributed by atoms with Crippen molar-refractivity contribution in [1.29, 1.82) is 0 Å². The lowest BCUT2D eigenvalue weighted by atomic mass is 9.97. The van der Waals surface area contributed by atoms with Crippen LogP contribution in [0.5, 0.6) is 0 Å². The van der Waals surface area contributed by atoms with Gasteiger partial charge >= 0.3 is 0 Å². The second-order valence-corrected chi connectivity index (χ2v) is 9.23. The Labute approximate surface area is 169 Å². The van der Waals surface area contributed by atoms with Gasteiger partial charge < -0.3 is 0 Å². The molecule has 0 aliphatic carbocycles. The number of rotatable bonds is 0. The molecule has 0 atom stereocenters. The highest BCUT2D eigenvalue weighted by Gasteiger charge is 2.28. The van der Waals surface area contributed by atoms with Crippen molar-refractivity contribution < 1.29 is 0 Å². The smallest absolute Gasteiger partial charge is 0.000674 e. The van der Waals surface area contributed by atoms with E-state index in [1.54, 1.807) is 0 Å². The van der Waals surface area contributed by atoms with E-state index in [0.717, 1.165) is 0 Å². The summed E-state index contributed by atoms with van der Waals surface area (Å²) in [5.74, 6) is 0. The first-order valence-corrected chi connectivity index (χ1v) is 10.7. The van der Waals surface area contributed by atoms with Crippen molar-refractivity contribution in [3.63, 3.8) is 0 Å². The molecule has 0 heterocycles. The van der Waals surface area contributed by atoms with Gasteiger partial charge in [0.25, 0.3) is 0 Å². The zero-order valence-electron chi connectivity index (χ0n) is 15.9. The molecule has 10 aromatic carbocycles. The van der Waals surface area contributed by atoms with Crippen LogP contribution >= 0.6 is 0 Å². The minimum atomic E-state index is 1.40. The molecule has 0 aliphatic heterocycles. The van der Waals surface area contributed by atoms with Gasteiger partial charge in [0.15, 0.2) is 0 Å². The van der Waals surface area contributed by atoms with Crippen LogP contribution in [0.3, 0.4) is 0 Å². The lowest BCUT2D eigenvalue weighted by molar-refractivity contribution is 1.88. The third kappa shape index (κ3) is 1.06. The summed E-state index contributed by atoms with van der Waals surface area (Å²) in [7, 11) is 0. The largest absolute Gasteiger partial charge is 0.0610 e. The maximum atomic E-state index is 2.41. The molecule has 0 bridgehead atoms. The van der Waals surface area contributed by atoms with Crippen LogP contribution in [0.25, 0.3) is 97.0 Å². The van der Waals surface area contributed by atoms with Gasteiger partial charge in [0.05, 0.1) is 0 Å². The van der Waals surface area contributed by atoms with Crippen molar-refractivity contribution in [1.82, 2.24) is 0 Å². The van der Waals surface area contributed by atoms with Gasteiger partial charge in [0, 0.05) is 0 Å². The van der Waals surface area contributed by atoms with Crippen LogP contribution in [-0.4, -0.2) is 0 Å². The van der Waals surface area contributed by atoms with Gasteiger partial charge in [0.1, 0.15) is 0 Å². The third-order valence-electron chi connectivity index (χ3n) is 8.11. The minimum Gasteiger partial charge on any atom is -0.0610 e. The first kappa shape index (κ1) is 13.3. The summed E-state index contributed by atoms with van der Waals surface area (Å²) in [4.78, 5) is 0. The molecule has 0 fully saturated rings. The molecule has 0 amide bonds. The topological polar surface area (TPSA) is 0 Å². The standard InChI is InChI=1S/C30H12/c1-4-13-10-19-22(13)16(7-1)25-28(19)26-18-9-3-6-15-12-21(24(15)18)30(26)27-17-8-2-5-14-11-20(23(14)17)29(25)27/h1-12H. The van der Waals surface area contributed by atoms with Gasteiger partial charge in [-0.2, -0.15) is 0 Å². The molecule has 0 aliphatic rings.